The number of benzene rings is 2. The second-order valence-electron chi connectivity index (χ2n) is 5.73. The van der Waals surface area contributed by atoms with E-state index in [-0.39, 0.29) is 0 Å². The highest BCUT2D eigenvalue weighted by molar-refractivity contribution is 5.97. The van der Waals surface area contributed by atoms with Crippen LogP contribution >= 0.6 is 0 Å². The minimum absolute atomic E-state index is 0.479. The Bertz CT molecular complexity index is 931. The molecule has 158 valence electrons. The maximum absolute atomic E-state index is 12.2. The predicted octanol–water partition coefficient (Wildman–Crippen LogP) is 0.429. The third kappa shape index (κ3) is 4.86. The van der Waals surface area contributed by atoms with Crippen molar-refractivity contribution in [2.45, 2.75) is 12.2 Å². The zero-order chi connectivity index (χ0) is 22.6. The summed E-state index contributed by atoms with van der Waals surface area (Å²) in [6.07, 6.45) is -5.14. The topological polar surface area (TPSA) is 208 Å². The minimum atomic E-state index is -2.57. The molecule has 0 aliphatic rings. The van der Waals surface area contributed by atoms with Gasteiger partial charge in [-0.1, -0.05) is 0 Å². The zero-order valence-corrected chi connectivity index (χ0v) is 14.8. The molecule has 12 heteroatoms. The van der Waals surface area contributed by atoms with Gasteiger partial charge in [0.05, 0.1) is 0 Å². The normalized spacial score (nSPS) is 12.4. The number of phenols is 4. The van der Waals surface area contributed by atoms with Crippen LogP contribution in [0.4, 0.5) is 0 Å². The van der Waals surface area contributed by atoms with Crippen LogP contribution in [-0.4, -0.2) is 66.7 Å². The third-order valence-electron chi connectivity index (χ3n) is 3.63. The van der Waals surface area contributed by atoms with Crippen molar-refractivity contribution in [1.82, 2.24) is 0 Å². The lowest BCUT2D eigenvalue weighted by Crippen LogP contribution is -2.45. The monoisotopic (exact) mass is 422 g/mol. The smallest absolute Gasteiger partial charge is 0.349 e. The minimum Gasteiger partial charge on any atom is -0.508 e. The van der Waals surface area contributed by atoms with E-state index in [4.69, 9.17) is 0 Å². The second kappa shape index (κ2) is 8.68. The summed E-state index contributed by atoms with van der Waals surface area (Å²) in [6.45, 7) is 0. The molecule has 30 heavy (non-hydrogen) atoms. The molecule has 0 unspecified atom stereocenters. The Morgan fingerprint density at radius 1 is 0.633 bits per heavy atom. The van der Waals surface area contributed by atoms with E-state index < -0.39 is 70.2 Å². The number of carboxylic acid groups (broad SMARTS) is 2. The first-order valence-corrected chi connectivity index (χ1v) is 7.92. The Balaban J connectivity index is 2.32. The number of carbonyl (C=O) groups is 4. The molecule has 12 nitrogen and oxygen atoms in total. The predicted molar refractivity (Wildman–Crippen MR) is 93.2 cm³/mol. The molecule has 0 amide bonds. The fraction of sp³-hybridized carbons (Fsp3) is 0.111. The molecular formula is C18H14O12. The molecule has 2 rings (SSSR count). The van der Waals surface area contributed by atoms with Crippen molar-refractivity contribution < 1.29 is 59.3 Å². The number of hydrogen-bond acceptors (Lipinski definition) is 10. The molecular weight excluding hydrogens is 408 g/mol. The average molecular weight is 422 g/mol. The van der Waals surface area contributed by atoms with Gasteiger partial charge in [0.2, 0.25) is 12.2 Å². The molecule has 0 saturated heterocycles. The largest absolute Gasteiger partial charge is 0.508 e. The fourth-order valence-corrected chi connectivity index (χ4v) is 2.22. The number of esters is 2. The van der Waals surface area contributed by atoms with Crippen LogP contribution in [0, 0.1) is 0 Å². The quantitative estimate of drug-likeness (QED) is 0.265. The van der Waals surface area contributed by atoms with E-state index in [1.165, 1.54) is 0 Å². The van der Waals surface area contributed by atoms with E-state index in [1.54, 1.807) is 0 Å². The van der Waals surface area contributed by atoms with Crippen LogP contribution in [-0.2, 0) is 19.1 Å². The standard InChI is InChI=1S/C18H14O12/c19-7-1-3-11(21)9(5-7)17(27)29-13(15(23)24)14(16(25)26)30-18(28)10-6-8(20)2-4-12(10)22/h1-6,13-14,19-22H,(H,23,24)(H,25,26)/t13-,14-/m1/s1. The summed E-state index contributed by atoms with van der Waals surface area (Å²) >= 11 is 0. The molecule has 0 aliphatic carbocycles. The van der Waals surface area contributed by atoms with Gasteiger partial charge < -0.3 is 40.1 Å². The summed E-state index contributed by atoms with van der Waals surface area (Å²) in [4.78, 5) is 47.2. The maximum atomic E-state index is 12.2. The lowest BCUT2D eigenvalue weighted by atomic mass is 10.1. The van der Waals surface area contributed by atoms with Crippen LogP contribution in [0.5, 0.6) is 23.0 Å². The second-order valence-corrected chi connectivity index (χ2v) is 5.73. The van der Waals surface area contributed by atoms with Gasteiger partial charge in [0.1, 0.15) is 34.1 Å². The number of aromatic hydroxyl groups is 4. The van der Waals surface area contributed by atoms with Crippen LogP contribution in [0.2, 0.25) is 0 Å². The number of phenolic OH excluding ortho intramolecular Hbond substituents is 4. The van der Waals surface area contributed by atoms with Crippen molar-refractivity contribution in [2.24, 2.45) is 0 Å². The summed E-state index contributed by atoms with van der Waals surface area (Å²) in [5, 5.41) is 56.6. The summed E-state index contributed by atoms with van der Waals surface area (Å²) < 4.78 is 9.14. The Hall–Kier alpha value is -4.48. The lowest BCUT2D eigenvalue weighted by molar-refractivity contribution is -0.166. The molecule has 0 radical (unpaired) electrons. The van der Waals surface area contributed by atoms with Gasteiger partial charge in [-0.15, -0.1) is 0 Å². The summed E-state index contributed by atoms with van der Waals surface area (Å²) in [5.41, 5.74) is -1.36. The number of rotatable bonds is 7. The number of hydrogen-bond donors (Lipinski definition) is 6. The van der Waals surface area contributed by atoms with Gasteiger partial charge in [-0.05, 0) is 36.4 Å². The van der Waals surface area contributed by atoms with Gasteiger partial charge in [-0.2, -0.15) is 0 Å². The number of carboxylic acids is 2. The zero-order valence-electron chi connectivity index (χ0n) is 14.8. The average Bonchev–Trinajstić information content (AvgIpc) is 2.67. The Labute approximate surface area is 166 Å². The van der Waals surface area contributed by atoms with Crippen molar-refractivity contribution in [3.8, 4) is 23.0 Å². The van der Waals surface area contributed by atoms with Crippen LogP contribution in [0.3, 0.4) is 0 Å². The van der Waals surface area contributed by atoms with Crippen LogP contribution in [0.25, 0.3) is 0 Å². The molecule has 0 aliphatic heterocycles. The van der Waals surface area contributed by atoms with Crippen molar-refractivity contribution in [2.75, 3.05) is 0 Å². The SMILES string of the molecule is O=C(O[C@@H](C(=O)O)[C@@H](OC(=O)c1cc(O)ccc1O)C(=O)O)c1cc(O)ccc1O. The molecule has 2 aromatic carbocycles. The number of carbonyl (C=O) groups excluding carboxylic acids is 2. The van der Waals surface area contributed by atoms with Crippen LogP contribution < -0.4 is 0 Å². The van der Waals surface area contributed by atoms with E-state index in [1.807, 2.05) is 0 Å². The molecule has 0 heterocycles. The first kappa shape index (κ1) is 21.8. The Morgan fingerprint density at radius 3 is 1.27 bits per heavy atom. The first-order chi connectivity index (χ1) is 14.0. The first-order valence-electron chi connectivity index (χ1n) is 7.92. The van der Waals surface area contributed by atoms with Gasteiger partial charge in [0.25, 0.3) is 0 Å². The van der Waals surface area contributed by atoms with E-state index >= 15 is 0 Å². The van der Waals surface area contributed by atoms with E-state index in [9.17, 15) is 49.8 Å². The van der Waals surface area contributed by atoms with Crippen LogP contribution in [0.15, 0.2) is 36.4 Å². The van der Waals surface area contributed by atoms with Gasteiger partial charge >= 0.3 is 23.9 Å². The molecule has 2 atom stereocenters. The van der Waals surface area contributed by atoms with E-state index in [2.05, 4.69) is 9.47 Å². The lowest BCUT2D eigenvalue weighted by Gasteiger charge is -2.21. The number of aliphatic carboxylic acids is 2. The van der Waals surface area contributed by atoms with Gasteiger partial charge in [-0.3, -0.25) is 0 Å². The molecule has 6 N–H and O–H groups in total. The highest BCUT2D eigenvalue weighted by Gasteiger charge is 2.41. The summed E-state index contributed by atoms with van der Waals surface area (Å²) in [7, 11) is 0. The van der Waals surface area contributed by atoms with E-state index in [0.717, 1.165) is 36.4 Å². The highest BCUT2D eigenvalue weighted by Crippen LogP contribution is 2.26. The third-order valence-corrected chi connectivity index (χ3v) is 3.63. The number of ether oxygens (including phenoxy) is 2. The molecule has 0 saturated carbocycles. The summed E-state index contributed by atoms with van der Waals surface area (Å²) in [6, 6.07) is 5.32. The molecule has 2 aromatic rings. The van der Waals surface area contributed by atoms with Gasteiger partial charge in [-0.25, -0.2) is 19.2 Å². The molecule has 0 bridgehead atoms. The van der Waals surface area contributed by atoms with Crippen molar-refractivity contribution >= 4 is 23.9 Å². The Morgan fingerprint density at radius 2 is 0.967 bits per heavy atom. The molecule has 0 spiro atoms. The van der Waals surface area contributed by atoms with E-state index in [0.29, 0.717) is 0 Å². The van der Waals surface area contributed by atoms with Crippen molar-refractivity contribution in [3.63, 3.8) is 0 Å². The maximum Gasteiger partial charge on any atom is 0.349 e. The van der Waals surface area contributed by atoms with Crippen molar-refractivity contribution in [3.05, 3.63) is 47.5 Å². The molecule has 0 fully saturated rings. The highest BCUT2D eigenvalue weighted by atomic mass is 16.6. The van der Waals surface area contributed by atoms with Crippen molar-refractivity contribution in [1.29, 1.82) is 0 Å². The fourth-order valence-electron chi connectivity index (χ4n) is 2.22. The van der Waals surface area contributed by atoms with Crippen LogP contribution in [0.1, 0.15) is 20.7 Å². The van der Waals surface area contributed by atoms with Gasteiger partial charge in [0, 0.05) is 0 Å². The summed E-state index contributed by atoms with van der Waals surface area (Å²) in [5.74, 6) is -9.44. The Kier molecular flexibility index (Phi) is 6.32. The van der Waals surface area contributed by atoms with Gasteiger partial charge in [0.15, 0.2) is 0 Å². The molecule has 0 aromatic heterocycles.